The zero-order chi connectivity index (χ0) is 10.8. The lowest BCUT2D eigenvalue weighted by Gasteiger charge is -2.23. The first kappa shape index (κ1) is 10.2. The molecule has 0 radical (unpaired) electrons. The number of amides is 1. The summed E-state index contributed by atoms with van der Waals surface area (Å²) in [6.07, 6.45) is 0.535. The summed E-state index contributed by atoms with van der Waals surface area (Å²) in [6, 6.07) is 6.82. The van der Waals surface area contributed by atoms with Crippen molar-refractivity contribution in [1.82, 2.24) is 5.32 Å². The van der Waals surface area contributed by atoms with E-state index in [0.29, 0.717) is 12.0 Å². The Bertz CT molecular complexity index is 417. The third-order valence-electron chi connectivity index (χ3n) is 2.51. The Labute approximate surface area is 92.4 Å². The zero-order valence-corrected chi connectivity index (χ0v) is 8.75. The van der Waals surface area contributed by atoms with Crippen molar-refractivity contribution in [3.63, 3.8) is 0 Å². The third kappa shape index (κ3) is 1.88. The molecule has 2 rings (SSSR count). The summed E-state index contributed by atoms with van der Waals surface area (Å²) < 4.78 is 0. The van der Waals surface area contributed by atoms with Crippen molar-refractivity contribution in [2.45, 2.75) is 12.5 Å². The van der Waals surface area contributed by atoms with Gasteiger partial charge in [0.1, 0.15) is 0 Å². The average Bonchev–Trinajstić information content (AvgIpc) is 2.28. The third-order valence-corrected chi connectivity index (χ3v) is 2.78. The van der Waals surface area contributed by atoms with Crippen molar-refractivity contribution < 1.29 is 9.59 Å². The molecule has 15 heavy (non-hydrogen) atoms. The molecule has 1 aliphatic rings. The van der Waals surface area contributed by atoms with Gasteiger partial charge in [-0.3, -0.25) is 9.59 Å². The van der Waals surface area contributed by atoms with Crippen LogP contribution < -0.4 is 5.32 Å². The minimum absolute atomic E-state index is 0.0624. The van der Waals surface area contributed by atoms with Crippen molar-refractivity contribution in [2.24, 2.45) is 0 Å². The van der Waals surface area contributed by atoms with Crippen molar-refractivity contribution >= 4 is 23.3 Å². The summed E-state index contributed by atoms with van der Waals surface area (Å²) in [5.74, 6) is -0.396. The molecule has 0 fully saturated rings. The number of hydrogen-bond donors (Lipinski definition) is 1. The molecule has 0 aliphatic carbocycles. The Morgan fingerprint density at radius 2 is 2.20 bits per heavy atom. The fourth-order valence-electron chi connectivity index (χ4n) is 1.71. The van der Waals surface area contributed by atoms with Crippen LogP contribution in [-0.2, 0) is 11.2 Å². The van der Waals surface area contributed by atoms with E-state index in [-0.39, 0.29) is 17.6 Å². The van der Waals surface area contributed by atoms with E-state index in [2.05, 4.69) is 5.32 Å². The second-order valence-electron chi connectivity index (χ2n) is 3.49. The lowest BCUT2D eigenvalue weighted by Crippen LogP contribution is -2.46. The molecule has 1 aromatic rings. The number of halogens is 1. The molecule has 0 aromatic heterocycles. The first-order valence-electron chi connectivity index (χ1n) is 4.70. The molecule has 0 spiro atoms. The predicted octanol–water partition coefficient (Wildman–Crippen LogP) is 1.15. The van der Waals surface area contributed by atoms with Crippen LogP contribution in [0.3, 0.4) is 0 Å². The second-order valence-corrected chi connectivity index (χ2v) is 3.75. The van der Waals surface area contributed by atoms with Gasteiger partial charge in [0.2, 0.25) is 0 Å². The van der Waals surface area contributed by atoms with Gasteiger partial charge in [-0.2, -0.15) is 0 Å². The second kappa shape index (κ2) is 4.03. The Morgan fingerprint density at radius 3 is 2.93 bits per heavy atom. The molecule has 0 saturated heterocycles. The van der Waals surface area contributed by atoms with Crippen LogP contribution in [0.1, 0.15) is 15.9 Å². The summed E-state index contributed by atoms with van der Waals surface area (Å²) >= 11 is 5.46. The number of ketones is 1. The van der Waals surface area contributed by atoms with Gasteiger partial charge in [-0.05, 0) is 11.6 Å². The molecule has 1 heterocycles. The molecule has 0 unspecified atom stereocenters. The molecule has 4 heteroatoms. The van der Waals surface area contributed by atoms with Crippen LogP contribution in [0.15, 0.2) is 24.3 Å². The van der Waals surface area contributed by atoms with Gasteiger partial charge >= 0.3 is 0 Å². The molecule has 0 saturated carbocycles. The lowest BCUT2D eigenvalue weighted by atomic mass is 9.93. The van der Waals surface area contributed by atoms with E-state index in [0.717, 1.165) is 5.56 Å². The van der Waals surface area contributed by atoms with Crippen molar-refractivity contribution in [3.05, 3.63) is 35.4 Å². The molecular formula is C11H10ClNO2. The Morgan fingerprint density at radius 1 is 1.47 bits per heavy atom. The predicted molar refractivity (Wildman–Crippen MR) is 57.1 cm³/mol. The first-order valence-corrected chi connectivity index (χ1v) is 5.23. The number of Topliss-reactive ketones (excluding diaryl/α,β-unsaturated/α-hetero) is 1. The van der Waals surface area contributed by atoms with E-state index in [1.54, 1.807) is 6.07 Å². The summed E-state index contributed by atoms with van der Waals surface area (Å²) in [7, 11) is 0. The molecule has 1 amide bonds. The van der Waals surface area contributed by atoms with E-state index < -0.39 is 6.04 Å². The standard InChI is InChI=1S/C11H10ClNO2/c12-6-10(14)9-5-7-3-1-2-4-8(7)11(15)13-9/h1-4,9H,5-6H2,(H,13,15)/t9-/m0/s1. The maximum atomic E-state index is 11.6. The summed E-state index contributed by atoms with van der Waals surface area (Å²) in [5.41, 5.74) is 1.56. The van der Waals surface area contributed by atoms with Crippen LogP contribution in [0.4, 0.5) is 0 Å². The van der Waals surface area contributed by atoms with Gasteiger partial charge in [-0.1, -0.05) is 18.2 Å². The highest BCUT2D eigenvalue weighted by molar-refractivity contribution is 6.28. The number of benzene rings is 1. The van der Waals surface area contributed by atoms with Crippen molar-refractivity contribution in [2.75, 3.05) is 5.88 Å². The Kier molecular flexibility index (Phi) is 2.73. The van der Waals surface area contributed by atoms with E-state index in [1.165, 1.54) is 0 Å². The van der Waals surface area contributed by atoms with Crippen LogP contribution in [0.2, 0.25) is 0 Å². The molecule has 0 bridgehead atoms. The average molecular weight is 224 g/mol. The fraction of sp³-hybridized carbons (Fsp3) is 0.273. The molecule has 1 aromatic carbocycles. The monoisotopic (exact) mass is 223 g/mol. The van der Waals surface area contributed by atoms with E-state index >= 15 is 0 Å². The highest BCUT2D eigenvalue weighted by atomic mass is 35.5. The number of fused-ring (bicyclic) bond motifs is 1. The number of carbonyl (C=O) groups is 2. The lowest BCUT2D eigenvalue weighted by molar-refractivity contribution is -0.118. The molecule has 78 valence electrons. The van der Waals surface area contributed by atoms with Gasteiger partial charge in [-0.25, -0.2) is 0 Å². The highest BCUT2D eigenvalue weighted by Gasteiger charge is 2.27. The normalized spacial score (nSPS) is 19.3. The first-order chi connectivity index (χ1) is 7.22. The molecular weight excluding hydrogens is 214 g/mol. The Balaban J connectivity index is 2.30. The topological polar surface area (TPSA) is 46.2 Å². The minimum Gasteiger partial charge on any atom is -0.342 e. The van der Waals surface area contributed by atoms with Crippen LogP contribution in [0, 0.1) is 0 Å². The molecule has 1 N–H and O–H groups in total. The van der Waals surface area contributed by atoms with Gasteiger partial charge in [0.25, 0.3) is 5.91 Å². The van der Waals surface area contributed by atoms with Crippen molar-refractivity contribution in [3.8, 4) is 0 Å². The van der Waals surface area contributed by atoms with E-state index in [9.17, 15) is 9.59 Å². The molecule has 1 atom stereocenters. The number of carbonyl (C=O) groups excluding carboxylic acids is 2. The van der Waals surface area contributed by atoms with Crippen LogP contribution >= 0.6 is 11.6 Å². The maximum Gasteiger partial charge on any atom is 0.252 e. The fourth-order valence-corrected chi connectivity index (χ4v) is 1.90. The van der Waals surface area contributed by atoms with Gasteiger partial charge in [0.15, 0.2) is 5.78 Å². The van der Waals surface area contributed by atoms with Crippen LogP contribution in [-0.4, -0.2) is 23.6 Å². The quantitative estimate of drug-likeness (QED) is 0.765. The van der Waals surface area contributed by atoms with E-state index in [1.807, 2.05) is 18.2 Å². The van der Waals surface area contributed by atoms with Gasteiger partial charge in [0, 0.05) is 12.0 Å². The maximum absolute atomic E-state index is 11.6. The number of alkyl halides is 1. The molecule has 3 nitrogen and oxygen atoms in total. The van der Waals surface area contributed by atoms with Crippen LogP contribution in [0.5, 0.6) is 0 Å². The van der Waals surface area contributed by atoms with Crippen LogP contribution in [0.25, 0.3) is 0 Å². The summed E-state index contributed by atoms with van der Waals surface area (Å²) in [4.78, 5) is 23.0. The number of hydrogen-bond acceptors (Lipinski definition) is 2. The van der Waals surface area contributed by atoms with Crippen molar-refractivity contribution in [1.29, 1.82) is 0 Å². The number of rotatable bonds is 2. The minimum atomic E-state index is -0.468. The Hall–Kier alpha value is -1.35. The van der Waals surface area contributed by atoms with Gasteiger partial charge < -0.3 is 5.32 Å². The van der Waals surface area contributed by atoms with Gasteiger partial charge in [0.05, 0.1) is 11.9 Å². The SMILES string of the molecule is O=C1N[C@H](C(=O)CCl)Cc2ccccc21. The molecule has 1 aliphatic heterocycles. The van der Waals surface area contributed by atoms with E-state index in [4.69, 9.17) is 11.6 Å². The smallest absolute Gasteiger partial charge is 0.252 e. The zero-order valence-electron chi connectivity index (χ0n) is 8.00. The highest BCUT2D eigenvalue weighted by Crippen LogP contribution is 2.16. The summed E-state index contributed by atoms with van der Waals surface area (Å²) in [6.45, 7) is 0. The number of nitrogens with one attached hydrogen (secondary N) is 1. The summed E-state index contributed by atoms with van der Waals surface area (Å²) in [5, 5.41) is 2.65. The van der Waals surface area contributed by atoms with Gasteiger partial charge in [-0.15, -0.1) is 11.6 Å². The largest absolute Gasteiger partial charge is 0.342 e.